The highest BCUT2D eigenvalue weighted by molar-refractivity contribution is 7.89. The Morgan fingerprint density at radius 2 is 1.90 bits per heavy atom. The minimum atomic E-state index is -3.46. The van der Waals surface area contributed by atoms with Crippen LogP contribution >= 0.6 is 0 Å². The van der Waals surface area contributed by atoms with Gasteiger partial charge < -0.3 is 9.47 Å². The van der Waals surface area contributed by atoms with E-state index in [4.69, 9.17) is 9.47 Å². The molecule has 1 aliphatic carbocycles. The molecular formula is C21H36N4O4S. The number of aryl methyl sites for hydroxylation is 1. The fourth-order valence-electron chi connectivity index (χ4n) is 5.56. The second kappa shape index (κ2) is 9.24. The molecule has 3 heterocycles. The van der Waals surface area contributed by atoms with Gasteiger partial charge in [0.05, 0.1) is 25.5 Å². The summed E-state index contributed by atoms with van der Waals surface area (Å²) in [5.41, 5.74) is 0.153. The molecule has 1 atom stereocenters. The smallest absolute Gasteiger partial charge is 0.246 e. The molecule has 0 amide bonds. The van der Waals surface area contributed by atoms with Crippen molar-refractivity contribution in [1.29, 1.82) is 0 Å². The van der Waals surface area contributed by atoms with Crippen LogP contribution in [0.1, 0.15) is 51.9 Å². The number of ether oxygens (including phenoxy) is 2. The van der Waals surface area contributed by atoms with Crippen molar-refractivity contribution in [2.75, 3.05) is 40.0 Å². The lowest BCUT2D eigenvalue weighted by molar-refractivity contribution is -0.203. The van der Waals surface area contributed by atoms with Gasteiger partial charge in [-0.15, -0.1) is 0 Å². The van der Waals surface area contributed by atoms with Gasteiger partial charge in [0.25, 0.3) is 0 Å². The van der Waals surface area contributed by atoms with Crippen molar-refractivity contribution in [3.8, 4) is 0 Å². The first-order chi connectivity index (χ1) is 14.5. The fourth-order valence-corrected chi connectivity index (χ4v) is 6.99. The van der Waals surface area contributed by atoms with E-state index >= 15 is 0 Å². The minimum absolute atomic E-state index is 0.153. The Labute approximate surface area is 180 Å². The molecule has 4 rings (SSSR count). The average molecular weight is 441 g/mol. The summed E-state index contributed by atoms with van der Waals surface area (Å²) in [4.78, 5) is 2.96. The van der Waals surface area contributed by atoms with E-state index < -0.39 is 10.0 Å². The molecule has 1 unspecified atom stereocenters. The Morgan fingerprint density at radius 1 is 1.17 bits per heavy atom. The number of aromatic nitrogens is 2. The molecule has 0 radical (unpaired) electrons. The van der Waals surface area contributed by atoms with Crippen molar-refractivity contribution in [3.63, 3.8) is 0 Å². The highest BCUT2D eigenvalue weighted by Gasteiger charge is 2.56. The van der Waals surface area contributed by atoms with Gasteiger partial charge in [0.1, 0.15) is 4.90 Å². The molecule has 3 aliphatic rings. The zero-order chi connectivity index (χ0) is 21.2. The maximum absolute atomic E-state index is 13.0. The van der Waals surface area contributed by atoms with Crippen LogP contribution in [0.2, 0.25) is 0 Å². The predicted molar refractivity (Wildman–Crippen MR) is 114 cm³/mol. The van der Waals surface area contributed by atoms with Crippen LogP contribution in [0.3, 0.4) is 0 Å². The van der Waals surface area contributed by atoms with Crippen molar-refractivity contribution in [3.05, 3.63) is 12.4 Å². The van der Waals surface area contributed by atoms with E-state index in [1.165, 1.54) is 38.3 Å². The van der Waals surface area contributed by atoms with Gasteiger partial charge in [0.15, 0.2) is 0 Å². The second-order valence-corrected chi connectivity index (χ2v) is 10.8. The summed E-state index contributed by atoms with van der Waals surface area (Å²) < 4.78 is 40.7. The van der Waals surface area contributed by atoms with E-state index in [-0.39, 0.29) is 11.6 Å². The SMILES string of the molecule is CCn1cc(S(=O)(=O)N2CCC(N3CC(OCCOC)C34CCCCC4)CC2)cn1. The number of hydrogen-bond acceptors (Lipinski definition) is 6. The Kier molecular flexibility index (Phi) is 6.84. The van der Waals surface area contributed by atoms with E-state index in [0.29, 0.717) is 43.8 Å². The molecule has 1 aromatic rings. The van der Waals surface area contributed by atoms with Crippen LogP contribution in [-0.4, -0.2) is 85.0 Å². The van der Waals surface area contributed by atoms with Gasteiger partial charge >= 0.3 is 0 Å². The van der Waals surface area contributed by atoms with Crippen molar-refractivity contribution in [1.82, 2.24) is 19.0 Å². The third-order valence-corrected chi connectivity index (χ3v) is 9.15. The number of sulfonamides is 1. The molecule has 1 aromatic heterocycles. The van der Waals surface area contributed by atoms with Gasteiger partial charge in [-0.1, -0.05) is 19.3 Å². The first-order valence-corrected chi connectivity index (χ1v) is 12.8. The van der Waals surface area contributed by atoms with Gasteiger partial charge in [-0.2, -0.15) is 9.40 Å². The monoisotopic (exact) mass is 440 g/mol. The molecule has 0 aromatic carbocycles. The average Bonchev–Trinajstić information content (AvgIpc) is 3.27. The van der Waals surface area contributed by atoms with Crippen LogP contribution in [0.15, 0.2) is 17.3 Å². The third-order valence-electron chi connectivity index (χ3n) is 7.30. The number of rotatable bonds is 8. The quantitative estimate of drug-likeness (QED) is 0.576. The molecule has 8 nitrogen and oxygen atoms in total. The molecule has 2 aliphatic heterocycles. The Balaban J connectivity index is 1.38. The molecule has 3 fully saturated rings. The summed E-state index contributed by atoms with van der Waals surface area (Å²) in [5, 5.41) is 4.14. The highest BCUT2D eigenvalue weighted by atomic mass is 32.2. The molecule has 30 heavy (non-hydrogen) atoms. The standard InChI is InChI=1S/C21H36N4O4S/c1-3-23-16-19(15-22-23)30(26,27)24-11-7-18(8-12-24)25-17-20(29-14-13-28-2)21(25)9-5-4-6-10-21/h15-16,18,20H,3-14,17H2,1-2H3. The van der Waals surface area contributed by atoms with Crippen LogP contribution in [0, 0.1) is 0 Å². The summed E-state index contributed by atoms with van der Waals surface area (Å²) in [6, 6.07) is 0.440. The maximum Gasteiger partial charge on any atom is 0.246 e. The topological polar surface area (TPSA) is 76.9 Å². The van der Waals surface area contributed by atoms with Gasteiger partial charge in [0.2, 0.25) is 10.0 Å². The number of piperidine rings is 1. The van der Waals surface area contributed by atoms with Gasteiger partial charge in [-0.25, -0.2) is 8.42 Å². The van der Waals surface area contributed by atoms with Crippen LogP contribution in [0.25, 0.3) is 0 Å². The zero-order valence-corrected chi connectivity index (χ0v) is 19.1. The summed E-state index contributed by atoms with van der Waals surface area (Å²) in [7, 11) is -1.75. The molecule has 170 valence electrons. The maximum atomic E-state index is 13.0. The summed E-state index contributed by atoms with van der Waals surface area (Å²) in [5.74, 6) is 0. The van der Waals surface area contributed by atoms with E-state index in [1.54, 1.807) is 22.3 Å². The van der Waals surface area contributed by atoms with Crippen molar-refractivity contribution in [2.45, 2.75) is 81.0 Å². The van der Waals surface area contributed by atoms with E-state index in [2.05, 4.69) is 10.00 Å². The van der Waals surface area contributed by atoms with Crippen molar-refractivity contribution >= 4 is 10.0 Å². The van der Waals surface area contributed by atoms with E-state index in [9.17, 15) is 8.42 Å². The van der Waals surface area contributed by atoms with Crippen LogP contribution in [0.5, 0.6) is 0 Å². The van der Waals surface area contributed by atoms with Crippen molar-refractivity contribution in [2.24, 2.45) is 0 Å². The van der Waals surface area contributed by atoms with Crippen LogP contribution in [0.4, 0.5) is 0 Å². The van der Waals surface area contributed by atoms with Gasteiger partial charge in [-0.05, 0) is 32.6 Å². The molecular weight excluding hydrogens is 404 g/mol. The fraction of sp³-hybridized carbons (Fsp3) is 0.857. The Bertz CT molecular complexity index is 798. The van der Waals surface area contributed by atoms with Crippen LogP contribution < -0.4 is 0 Å². The molecule has 9 heteroatoms. The second-order valence-electron chi connectivity index (χ2n) is 8.84. The lowest BCUT2D eigenvalue weighted by Crippen LogP contribution is -2.75. The van der Waals surface area contributed by atoms with Gasteiger partial charge in [0, 0.05) is 51.1 Å². The van der Waals surface area contributed by atoms with Crippen molar-refractivity contribution < 1.29 is 17.9 Å². The van der Waals surface area contributed by atoms with E-state index in [0.717, 1.165) is 19.4 Å². The normalized spacial score (nSPS) is 26.1. The first-order valence-electron chi connectivity index (χ1n) is 11.4. The molecule has 1 spiro atoms. The predicted octanol–water partition coefficient (Wildman–Crippen LogP) is 2.11. The third kappa shape index (κ3) is 4.07. The molecule has 0 N–H and O–H groups in total. The number of methoxy groups -OCH3 is 1. The molecule has 0 bridgehead atoms. The lowest BCUT2D eigenvalue weighted by Gasteiger charge is -2.63. The molecule has 2 saturated heterocycles. The van der Waals surface area contributed by atoms with Gasteiger partial charge in [-0.3, -0.25) is 9.58 Å². The summed E-state index contributed by atoms with van der Waals surface area (Å²) >= 11 is 0. The summed E-state index contributed by atoms with van der Waals surface area (Å²) in [6.07, 6.45) is 11.4. The van der Waals surface area contributed by atoms with Crippen LogP contribution in [-0.2, 0) is 26.0 Å². The highest BCUT2D eigenvalue weighted by Crippen LogP contribution is 2.47. The first kappa shape index (κ1) is 22.2. The zero-order valence-electron chi connectivity index (χ0n) is 18.3. The lowest BCUT2D eigenvalue weighted by atomic mass is 9.69. The number of likely N-dealkylation sites (tertiary alicyclic amines) is 1. The number of nitrogens with zero attached hydrogens (tertiary/aromatic N) is 4. The minimum Gasteiger partial charge on any atom is -0.382 e. The Hall–Kier alpha value is -1.00. The summed E-state index contributed by atoms with van der Waals surface area (Å²) in [6.45, 7) is 6.02. The Morgan fingerprint density at radius 3 is 2.53 bits per heavy atom. The van der Waals surface area contributed by atoms with E-state index in [1.807, 2.05) is 6.92 Å². The number of hydrogen-bond donors (Lipinski definition) is 0. The molecule has 1 saturated carbocycles. The largest absolute Gasteiger partial charge is 0.382 e.